The third-order valence-corrected chi connectivity index (χ3v) is 5.64. The van der Waals surface area contributed by atoms with Gasteiger partial charge in [-0.2, -0.15) is 0 Å². The van der Waals surface area contributed by atoms with Crippen molar-refractivity contribution in [1.29, 1.82) is 0 Å². The Hall–Kier alpha value is -4.59. The highest BCUT2D eigenvalue weighted by Crippen LogP contribution is 2.35. The number of hydrogen-bond donors (Lipinski definition) is 1. The van der Waals surface area contributed by atoms with Crippen LogP contribution in [-0.2, 0) is 4.74 Å². The van der Waals surface area contributed by atoms with E-state index in [4.69, 9.17) is 9.73 Å². The number of rotatable bonds is 4. The fourth-order valence-corrected chi connectivity index (χ4v) is 3.89. The summed E-state index contributed by atoms with van der Waals surface area (Å²) in [6.45, 7) is 0. The molecule has 1 heterocycles. The lowest BCUT2D eigenvalue weighted by Crippen LogP contribution is -2.36. The molecule has 4 rings (SSSR count). The second kappa shape index (κ2) is 9.72. The first-order chi connectivity index (χ1) is 16.8. The molecule has 0 atom stereocenters. The maximum absolute atomic E-state index is 12.5. The highest BCUT2D eigenvalue weighted by Gasteiger charge is 2.25. The van der Waals surface area contributed by atoms with E-state index in [9.17, 15) is 14.7 Å². The smallest absolute Gasteiger partial charge is 0.421 e. The van der Waals surface area contributed by atoms with Gasteiger partial charge in [0.05, 0.1) is 29.6 Å². The number of ether oxygens (including phenoxy) is 1. The Labute approximate surface area is 203 Å². The summed E-state index contributed by atoms with van der Waals surface area (Å²) in [5, 5.41) is 11.8. The van der Waals surface area contributed by atoms with Crippen molar-refractivity contribution in [3.05, 3.63) is 90.0 Å². The van der Waals surface area contributed by atoms with E-state index in [1.807, 2.05) is 42.5 Å². The van der Waals surface area contributed by atoms with Crippen LogP contribution < -0.4 is 4.90 Å². The Morgan fingerprint density at radius 3 is 2.14 bits per heavy atom. The number of benzene rings is 3. The predicted octanol–water partition coefficient (Wildman–Crippen LogP) is 5.25. The SMILES string of the molecule is COC(=O)n1c(O)c(C(=Nc2ccc(N(C)C(=O)N(C)C)cc2)c2ccccc2)c2ccccc21. The van der Waals surface area contributed by atoms with Crippen LogP contribution in [0.4, 0.5) is 21.0 Å². The molecule has 0 bridgehead atoms. The molecule has 2 amide bonds. The van der Waals surface area contributed by atoms with Gasteiger partial charge in [0.25, 0.3) is 0 Å². The molecule has 178 valence electrons. The van der Waals surface area contributed by atoms with Crippen molar-refractivity contribution >= 4 is 40.1 Å². The zero-order valence-corrected chi connectivity index (χ0v) is 20.0. The summed E-state index contributed by atoms with van der Waals surface area (Å²) in [6.07, 6.45) is -0.699. The Balaban J connectivity index is 1.89. The largest absolute Gasteiger partial charge is 0.494 e. The number of aliphatic imine (C=N–C) groups is 1. The number of aromatic hydroxyl groups is 1. The molecule has 0 spiro atoms. The Kier molecular flexibility index (Phi) is 6.55. The molecular formula is C27H26N4O4. The molecule has 0 saturated heterocycles. The standard InChI is InChI=1S/C27H26N4O4/c1-29(2)26(33)30(3)20-16-14-19(15-17-20)28-24(18-10-6-5-7-11-18)23-21-12-8-9-13-22(21)31(25(23)32)27(34)35-4/h5-17,32H,1-4H3. The minimum atomic E-state index is -0.699. The van der Waals surface area contributed by atoms with E-state index in [1.54, 1.807) is 62.4 Å². The lowest BCUT2D eigenvalue weighted by molar-refractivity contribution is 0.171. The Morgan fingerprint density at radius 1 is 0.886 bits per heavy atom. The number of hydrogen-bond acceptors (Lipinski definition) is 5. The summed E-state index contributed by atoms with van der Waals surface area (Å²) in [7, 11) is 6.36. The van der Waals surface area contributed by atoms with Crippen LogP contribution in [0.5, 0.6) is 5.88 Å². The number of carbonyl (C=O) groups is 2. The molecule has 1 N–H and O–H groups in total. The summed E-state index contributed by atoms with van der Waals surface area (Å²) in [6, 6.07) is 23.7. The van der Waals surface area contributed by atoms with Crippen molar-refractivity contribution in [3.63, 3.8) is 0 Å². The fraction of sp³-hybridized carbons (Fsp3) is 0.148. The third-order valence-electron chi connectivity index (χ3n) is 5.64. The first kappa shape index (κ1) is 23.6. The average molecular weight is 471 g/mol. The molecule has 1 aromatic heterocycles. The summed E-state index contributed by atoms with van der Waals surface area (Å²) in [5.74, 6) is -0.256. The van der Waals surface area contributed by atoms with Gasteiger partial charge in [-0.25, -0.2) is 19.1 Å². The lowest BCUT2D eigenvalue weighted by atomic mass is 10.0. The number of nitrogens with zero attached hydrogens (tertiary/aromatic N) is 4. The van der Waals surface area contributed by atoms with Crippen molar-refractivity contribution in [2.24, 2.45) is 4.99 Å². The normalized spacial score (nSPS) is 11.4. The fourth-order valence-electron chi connectivity index (χ4n) is 3.89. The number of urea groups is 1. The van der Waals surface area contributed by atoms with Crippen molar-refractivity contribution in [2.45, 2.75) is 0 Å². The van der Waals surface area contributed by atoms with Gasteiger partial charge < -0.3 is 14.7 Å². The first-order valence-electron chi connectivity index (χ1n) is 10.9. The molecule has 0 aliphatic heterocycles. The van der Waals surface area contributed by atoms with E-state index < -0.39 is 6.09 Å². The van der Waals surface area contributed by atoms with Gasteiger partial charge in [0.2, 0.25) is 5.88 Å². The zero-order valence-electron chi connectivity index (χ0n) is 20.0. The molecule has 0 unspecified atom stereocenters. The van der Waals surface area contributed by atoms with Gasteiger partial charge in [-0.05, 0) is 30.3 Å². The van der Waals surface area contributed by atoms with Crippen LogP contribution in [0.25, 0.3) is 10.9 Å². The molecule has 35 heavy (non-hydrogen) atoms. The number of amides is 2. The van der Waals surface area contributed by atoms with E-state index in [0.717, 1.165) is 10.1 Å². The molecule has 0 fully saturated rings. The second-order valence-electron chi connectivity index (χ2n) is 8.10. The van der Waals surface area contributed by atoms with Gasteiger partial charge >= 0.3 is 12.1 Å². The maximum Gasteiger partial charge on any atom is 0.421 e. The van der Waals surface area contributed by atoms with Gasteiger partial charge in [-0.1, -0.05) is 48.5 Å². The molecule has 0 radical (unpaired) electrons. The average Bonchev–Trinajstić information content (AvgIpc) is 3.18. The highest BCUT2D eigenvalue weighted by atomic mass is 16.5. The van der Waals surface area contributed by atoms with Gasteiger partial charge in [0.15, 0.2) is 0 Å². The zero-order chi connectivity index (χ0) is 25.1. The van der Waals surface area contributed by atoms with Gasteiger partial charge in [-0.15, -0.1) is 0 Å². The number of fused-ring (bicyclic) bond motifs is 1. The van der Waals surface area contributed by atoms with Gasteiger partial charge in [-0.3, -0.25) is 4.90 Å². The van der Waals surface area contributed by atoms with Crippen LogP contribution >= 0.6 is 0 Å². The van der Waals surface area contributed by atoms with Crippen LogP contribution in [0.3, 0.4) is 0 Å². The number of methoxy groups -OCH3 is 1. The monoisotopic (exact) mass is 470 g/mol. The molecule has 8 nitrogen and oxygen atoms in total. The van der Waals surface area contributed by atoms with E-state index in [2.05, 4.69) is 0 Å². The molecule has 4 aromatic rings. The second-order valence-corrected chi connectivity index (χ2v) is 8.10. The lowest BCUT2D eigenvalue weighted by Gasteiger charge is -2.21. The number of carbonyl (C=O) groups excluding carboxylic acids is 2. The quantitative estimate of drug-likeness (QED) is 0.413. The highest BCUT2D eigenvalue weighted by molar-refractivity contribution is 6.23. The summed E-state index contributed by atoms with van der Waals surface area (Å²) in [5.41, 5.74) is 3.52. The maximum atomic E-state index is 12.5. The third kappa shape index (κ3) is 4.46. The topological polar surface area (TPSA) is 87.4 Å². The minimum absolute atomic E-state index is 0.147. The van der Waals surface area contributed by atoms with E-state index in [0.29, 0.717) is 33.6 Å². The van der Waals surface area contributed by atoms with Gasteiger partial charge in [0.1, 0.15) is 0 Å². The molecule has 0 aliphatic carbocycles. The predicted molar refractivity (Wildman–Crippen MR) is 137 cm³/mol. The number of anilines is 1. The van der Waals surface area contributed by atoms with Crippen molar-refractivity contribution in [3.8, 4) is 5.88 Å². The van der Waals surface area contributed by atoms with Crippen molar-refractivity contribution in [2.75, 3.05) is 33.2 Å². The van der Waals surface area contributed by atoms with E-state index in [1.165, 1.54) is 12.0 Å². The molecule has 0 aliphatic rings. The van der Waals surface area contributed by atoms with Crippen molar-refractivity contribution < 1.29 is 19.4 Å². The molecule has 8 heteroatoms. The summed E-state index contributed by atoms with van der Waals surface area (Å²) < 4.78 is 6.04. The van der Waals surface area contributed by atoms with E-state index >= 15 is 0 Å². The number of aromatic nitrogens is 1. The van der Waals surface area contributed by atoms with Crippen LogP contribution in [0.2, 0.25) is 0 Å². The van der Waals surface area contributed by atoms with Crippen LogP contribution in [-0.4, -0.2) is 60.7 Å². The van der Waals surface area contributed by atoms with Crippen LogP contribution in [0.1, 0.15) is 11.1 Å². The molecule has 0 saturated carbocycles. The summed E-state index contributed by atoms with van der Waals surface area (Å²) >= 11 is 0. The molecular weight excluding hydrogens is 444 g/mol. The van der Waals surface area contributed by atoms with Crippen LogP contribution in [0, 0.1) is 0 Å². The minimum Gasteiger partial charge on any atom is -0.494 e. The van der Waals surface area contributed by atoms with Crippen LogP contribution in [0.15, 0.2) is 83.9 Å². The first-order valence-corrected chi connectivity index (χ1v) is 10.9. The van der Waals surface area contributed by atoms with E-state index in [-0.39, 0.29) is 11.9 Å². The van der Waals surface area contributed by atoms with Gasteiger partial charge in [0, 0.05) is 37.8 Å². The number of para-hydroxylation sites is 1. The Bertz CT molecular complexity index is 1410. The molecule has 3 aromatic carbocycles. The van der Waals surface area contributed by atoms with Crippen molar-refractivity contribution in [1.82, 2.24) is 9.47 Å². The summed E-state index contributed by atoms with van der Waals surface area (Å²) in [4.78, 5) is 32.7. The Morgan fingerprint density at radius 2 is 1.51 bits per heavy atom.